The third-order valence-electron chi connectivity index (χ3n) is 4.02. The number of benzene rings is 1. The van der Waals surface area contributed by atoms with Gasteiger partial charge < -0.3 is 10.2 Å². The first-order chi connectivity index (χ1) is 8.84. The number of hydrogen-bond acceptors (Lipinski definition) is 2. The van der Waals surface area contributed by atoms with Crippen molar-refractivity contribution in [2.75, 3.05) is 13.1 Å². The SMILES string of the molecule is O=C([C@@H]1CCCN1)N1CCCc2ccccc2C1. The highest BCUT2D eigenvalue weighted by Crippen LogP contribution is 2.20. The summed E-state index contributed by atoms with van der Waals surface area (Å²) < 4.78 is 0. The van der Waals surface area contributed by atoms with Crippen molar-refractivity contribution in [1.29, 1.82) is 0 Å². The van der Waals surface area contributed by atoms with E-state index in [-0.39, 0.29) is 6.04 Å². The van der Waals surface area contributed by atoms with Gasteiger partial charge in [0.2, 0.25) is 5.91 Å². The summed E-state index contributed by atoms with van der Waals surface area (Å²) in [5.41, 5.74) is 2.73. The fourth-order valence-corrected chi connectivity index (χ4v) is 3.00. The van der Waals surface area contributed by atoms with Gasteiger partial charge in [0.1, 0.15) is 0 Å². The van der Waals surface area contributed by atoms with E-state index >= 15 is 0 Å². The summed E-state index contributed by atoms with van der Waals surface area (Å²) >= 11 is 0. The number of amides is 1. The maximum Gasteiger partial charge on any atom is 0.240 e. The molecule has 0 aliphatic carbocycles. The molecule has 1 amide bonds. The highest BCUT2D eigenvalue weighted by Gasteiger charge is 2.27. The third-order valence-corrected chi connectivity index (χ3v) is 4.02. The van der Waals surface area contributed by atoms with Crippen molar-refractivity contribution >= 4 is 5.91 Å². The maximum atomic E-state index is 12.4. The molecule has 0 unspecified atom stereocenters. The van der Waals surface area contributed by atoms with Crippen LogP contribution in [0.2, 0.25) is 0 Å². The van der Waals surface area contributed by atoms with Crippen LogP contribution >= 0.6 is 0 Å². The zero-order chi connectivity index (χ0) is 12.4. The predicted molar refractivity (Wildman–Crippen MR) is 71.2 cm³/mol. The molecule has 96 valence electrons. The molecule has 1 aromatic rings. The fraction of sp³-hybridized carbons (Fsp3) is 0.533. The summed E-state index contributed by atoms with van der Waals surface area (Å²) in [6.45, 7) is 2.67. The van der Waals surface area contributed by atoms with Crippen LogP contribution in [0.25, 0.3) is 0 Å². The van der Waals surface area contributed by atoms with Crippen LogP contribution in [0.4, 0.5) is 0 Å². The number of carbonyl (C=O) groups is 1. The molecule has 0 spiro atoms. The van der Waals surface area contributed by atoms with E-state index in [0.29, 0.717) is 5.91 Å². The molecule has 2 aliphatic rings. The van der Waals surface area contributed by atoms with Gasteiger partial charge in [0.05, 0.1) is 6.04 Å². The molecule has 2 heterocycles. The van der Waals surface area contributed by atoms with Gasteiger partial charge in [-0.2, -0.15) is 0 Å². The Morgan fingerprint density at radius 3 is 2.83 bits per heavy atom. The first-order valence-electron chi connectivity index (χ1n) is 6.93. The number of nitrogens with one attached hydrogen (secondary N) is 1. The first-order valence-corrected chi connectivity index (χ1v) is 6.93. The van der Waals surface area contributed by atoms with Crippen molar-refractivity contribution in [3.05, 3.63) is 35.4 Å². The Balaban J connectivity index is 1.76. The van der Waals surface area contributed by atoms with Crippen LogP contribution < -0.4 is 5.32 Å². The van der Waals surface area contributed by atoms with Crippen LogP contribution in [0.1, 0.15) is 30.4 Å². The van der Waals surface area contributed by atoms with E-state index in [1.165, 1.54) is 11.1 Å². The lowest BCUT2D eigenvalue weighted by Crippen LogP contribution is -2.43. The van der Waals surface area contributed by atoms with Crippen molar-refractivity contribution in [2.45, 2.75) is 38.3 Å². The molecule has 2 aliphatic heterocycles. The van der Waals surface area contributed by atoms with E-state index in [9.17, 15) is 4.79 Å². The smallest absolute Gasteiger partial charge is 0.240 e. The molecular weight excluding hydrogens is 224 g/mol. The second-order valence-electron chi connectivity index (χ2n) is 5.28. The summed E-state index contributed by atoms with van der Waals surface area (Å²) in [5, 5.41) is 3.31. The second kappa shape index (κ2) is 5.11. The van der Waals surface area contributed by atoms with E-state index in [4.69, 9.17) is 0 Å². The monoisotopic (exact) mass is 244 g/mol. The van der Waals surface area contributed by atoms with Gasteiger partial charge in [0.15, 0.2) is 0 Å². The number of hydrogen-bond donors (Lipinski definition) is 1. The zero-order valence-corrected chi connectivity index (χ0v) is 10.7. The predicted octanol–water partition coefficient (Wildman–Crippen LogP) is 1.71. The number of fused-ring (bicyclic) bond motifs is 1. The number of aryl methyl sites for hydroxylation is 1. The Hall–Kier alpha value is -1.35. The molecule has 1 N–H and O–H groups in total. The molecule has 3 rings (SSSR count). The minimum Gasteiger partial charge on any atom is -0.337 e. The maximum absolute atomic E-state index is 12.4. The van der Waals surface area contributed by atoms with Crippen LogP contribution in [0.3, 0.4) is 0 Å². The molecule has 3 nitrogen and oxygen atoms in total. The van der Waals surface area contributed by atoms with E-state index in [0.717, 1.165) is 45.3 Å². The fourth-order valence-electron chi connectivity index (χ4n) is 3.00. The Morgan fingerprint density at radius 2 is 2.06 bits per heavy atom. The van der Waals surface area contributed by atoms with Crippen LogP contribution in [-0.2, 0) is 17.8 Å². The van der Waals surface area contributed by atoms with Crippen LogP contribution in [0.5, 0.6) is 0 Å². The first kappa shape index (κ1) is 11.7. The average molecular weight is 244 g/mol. The van der Waals surface area contributed by atoms with E-state index in [2.05, 4.69) is 29.6 Å². The van der Waals surface area contributed by atoms with Gasteiger partial charge in [-0.05, 0) is 43.4 Å². The number of nitrogens with zero attached hydrogens (tertiary/aromatic N) is 1. The average Bonchev–Trinajstić information content (AvgIpc) is 2.84. The lowest BCUT2D eigenvalue weighted by atomic mass is 10.0. The van der Waals surface area contributed by atoms with E-state index < -0.39 is 0 Å². The van der Waals surface area contributed by atoms with Gasteiger partial charge in [-0.3, -0.25) is 4.79 Å². The topological polar surface area (TPSA) is 32.3 Å². The molecule has 1 atom stereocenters. The Morgan fingerprint density at radius 1 is 1.22 bits per heavy atom. The van der Waals surface area contributed by atoms with Gasteiger partial charge >= 0.3 is 0 Å². The summed E-state index contributed by atoms with van der Waals surface area (Å²) in [6.07, 6.45) is 4.30. The quantitative estimate of drug-likeness (QED) is 0.815. The molecule has 18 heavy (non-hydrogen) atoms. The molecular formula is C15H20N2O. The number of rotatable bonds is 1. The molecule has 1 aromatic carbocycles. The number of carbonyl (C=O) groups excluding carboxylic acids is 1. The van der Waals surface area contributed by atoms with Gasteiger partial charge in [0.25, 0.3) is 0 Å². The van der Waals surface area contributed by atoms with Crippen molar-refractivity contribution in [1.82, 2.24) is 10.2 Å². The minimum absolute atomic E-state index is 0.0651. The van der Waals surface area contributed by atoms with E-state index in [1.807, 2.05) is 4.90 Å². The molecule has 3 heteroatoms. The van der Waals surface area contributed by atoms with Crippen molar-refractivity contribution in [3.63, 3.8) is 0 Å². The lowest BCUT2D eigenvalue weighted by molar-refractivity contribution is -0.133. The van der Waals surface area contributed by atoms with Gasteiger partial charge in [-0.1, -0.05) is 24.3 Å². The van der Waals surface area contributed by atoms with Gasteiger partial charge in [-0.25, -0.2) is 0 Å². The molecule has 1 fully saturated rings. The van der Waals surface area contributed by atoms with Crippen molar-refractivity contribution in [3.8, 4) is 0 Å². The highest BCUT2D eigenvalue weighted by atomic mass is 16.2. The lowest BCUT2D eigenvalue weighted by Gasteiger charge is -2.24. The van der Waals surface area contributed by atoms with Gasteiger partial charge in [-0.15, -0.1) is 0 Å². The summed E-state index contributed by atoms with van der Waals surface area (Å²) in [6, 6.07) is 8.57. The molecule has 0 aromatic heterocycles. The molecule has 0 radical (unpaired) electrons. The van der Waals surface area contributed by atoms with Crippen LogP contribution in [0, 0.1) is 0 Å². The summed E-state index contributed by atoms with van der Waals surface area (Å²) in [7, 11) is 0. The molecule has 0 saturated carbocycles. The van der Waals surface area contributed by atoms with Crippen LogP contribution in [-0.4, -0.2) is 29.9 Å². The van der Waals surface area contributed by atoms with Crippen LogP contribution in [0.15, 0.2) is 24.3 Å². The minimum atomic E-state index is 0.0651. The summed E-state index contributed by atoms with van der Waals surface area (Å²) in [5.74, 6) is 0.296. The third kappa shape index (κ3) is 2.27. The van der Waals surface area contributed by atoms with Crippen molar-refractivity contribution < 1.29 is 4.79 Å². The second-order valence-corrected chi connectivity index (χ2v) is 5.28. The Labute approximate surface area is 108 Å². The van der Waals surface area contributed by atoms with Gasteiger partial charge in [0, 0.05) is 13.1 Å². The Bertz CT molecular complexity index is 438. The largest absolute Gasteiger partial charge is 0.337 e. The molecule has 0 bridgehead atoms. The van der Waals surface area contributed by atoms with Crippen molar-refractivity contribution in [2.24, 2.45) is 0 Å². The zero-order valence-electron chi connectivity index (χ0n) is 10.7. The Kier molecular flexibility index (Phi) is 3.33. The standard InChI is InChI=1S/C15H20N2O/c18-15(14-8-3-9-16-14)17-10-4-7-12-5-1-2-6-13(12)11-17/h1-2,5-6,14,16H,3-4,7-11H2/t14-/m0/s1. The normalized spacial score (nSPS) is 23.6. The molecule has 1 saturated heterocycles. The van der Waals surface area contributed by atoms with E-state index in [1.54, 1.807) is 0 Å². The highest BCUT2D eigenvalue weighted by molar-refractivity contribution is 5.82. The summed E-state index contributed by atoms with van der Waals surface area (Å²) in [4.78, 5) is 14.5.